The summed E-state index contributed by atoms with van der Waals surface area (Å²) in [5.41, 5.74) is 4.11. The number of primary amides is 1. The lowest BCUT2D eigenvalue weighted by atomic mass is 9.75. The van der Waals surface area contributed by atoms with E-state index in [9.17, 15) is 18.7 Å². The second kappa shape index (κ2) is 5.03. The molecule has 6 heteroatoms. The normalized spacial score (nSPS) is 30.3. The summed E-state index contributed by atoms with van der Waals surface area (Å²) in [7, 11) is 0. The predicted octanol–water partition coefficient (Wildman–Crippen LogP) is 1.12. The highest BCUT2D eigenvalue weighted by molar-refractivity contribution is 5.78. The van der Waals surface area contributed by atoms with Gasteiger partial charge in [0.1, 0.15) is 5.60 Å². The van der Waals surface area contributed by atoms with Gasteiger partial charge in [0.15, 0.2) is 11.6 Å². The van der Waals surface area contributed by atoms with Gasteiger partial charge in [-0.25, -0.2) is 8.78 Å². The van der Waals surface area contributed by atoms with Crippen LogP contribution >= 0.6 is 0 Å². The fourth-order valence-electron chi connectivity index (χ4n) is 3.17. The maximum absolute atomic E-state index is 13.4. The summed E-state index contributed by atoms with van der Waals surface area (Å²) in [6.07, 6.45) is 2.46. The first-order valence-corrected chi connectivity index (χ1v) is 7.13. The molecule has 3 rings (SSSR count). The number of aliphatic hydroxyl groups is 1. The molecule has 2 aliphatic rings. The molecular weight excluding hydrogens is 278 g/mol. The lowest BCUT2D eigenvalue weighted by Crippen LogP contribution is -2.55. The maximum atomic E-state index is 13.4. The summed E-state index contributed by atoms with van der Waals surface area (Å²) in [6, 6.07) is 3.70. The molecule has 1 saturated carbocycles. The highest BCUT2D eigenvalue weighted by Crippen LogP contribution is 2.41. The Morgan fingerprint density at radius 1 is 1.33 bits per heavy atom. The zero-order chi connectivity index (χ0) is 15.2. The number of nitrogens with zero attached hydrogens (tertiary/aromatic N) is 1. The molecule has 0 bridgehead atoms. The van der Waals surface area contributed by atoms with Crippen LogP contribution < -0.4 is 5.73 Å². The summed E-state index contributed by atoms with van der Waals surface area (Å²) >= 11 is 0. The number of amides is 1. The van der Waals surface area contributed by atoms with Crippen LogP contribution in [0.2, 0.25) is 0 Å². The van der Waals surface area contributed by atoms with E-state index in [1.54, 1.807) is 0 Å². The van der Waals surface area contributed by atoms with Crippen LogP contribution in [0.3, 0.4) is 0 Å². The van der Waals surface area contributed by atoms with E-state index in [0.29, 0.717) is 19.1 Å². The fraction of sp³-hybridized carbons (Fsp3) is 0.533. The van der Waals surface area contributed by atoms with Crippen LogP contribution in [0.4, 0.5) is 8.78 Å². The lowest BCUT2D eigenvalue weighted by molar-refractivity contribution is -0.140. The minimum Gasteiger partial charge on any atom is -0.384 e. The predicted molar refractivity (Wildman–Crippen MR) is 72.2 cm³/mol. The van der Waals surface area contributed by atoms with Crippen molar-refractivity contribution in [1.82, 2.24) is 4.90 Å². The van der Waals surface area contributed by atoms with Crippen molar-refractivity contribution in [3.63, 3.8) is 0 Å². The molecule has 0 spiro atoms. The molecule has 1 aliphatic heterocycles. The Hall–Kier alpha value is -1.53. The quantitative estimate of drug-likeness (QED) is 0.878. The monoisotopic (exact) mass is 296 g/mol. The van der Waals surface area contributed by atoms with Crippen molar-refractivity contribution in [2.24, 2.45) is 11.7 Å². The number of nitrogens with two attached hydrogens (primary N) is 1. The molecule has 2 fully saturated rings. The maximum Gasteiger partial charge on any atom is 0.225 e. The number of likely N-dealkylation sites (tertiary alicyclic amines) is 1. The van der Waals surface area contributed by atoms with Crippen molar-refractivity contribution in [3.05, 3.63) is 35.4 Å². The Kier molecular flexibility index (Phi) is 3.45. The van der Waals surface area contributed by atoms with Crippen LogP contribution in [0, 0.1) is 17.6 Å². The Bertz CT molecular complexity index is 577. The molecular formula is C15H18F2N2O2. The highest BCUT2D eigenvalue weighted by atomic mass is 19.2. The summed E-state index contributed by atoms with van der Waals surface area (Å²) in [6.45, 7) is 0.972. The number of carbonyl (C=O) groups excluding carboxylic acids is 1. The summed E-state index contributed by atoms with van der Waals surface area (Å²) in [5, 5.41) is 10.9. The number of piperidine rings is 1. The minimum atomic E-state index is -1.54. The van der Waals surface area contributed by atoms with Crippen LogP contribution in [-0.4, -0.2) is 35.0 Å². The molecule has 21 heavy (non-hydrogen) atoms. The Labute approximate surface area is 121 Å². The number of rotatable bonds is 3. The smallest absolute Gasteiger partial charge is 0.225 e. The number of hydrogen-bond acceptors (Lipinski definition) is 3. The van der Waals surface area contributed by atoms with Crippen LogP contribution in [0.25, 0.3) is 0 Å². The molecule has 1 amide bonds. The Morgan fingerprint density at radius 3 is 2.62 bits per heavy atom. The zero-order valence-electron chi connectivity index (χ0n) is 11.6. The van der Waals surface area contributed by atoms with Crippen molar-refractivity contribution >= 4 is 5.91 Å². The van der Waals surface area contributed by atoms with Crippen molar-refractivity contribution in [2.75, 3.05) is 13.1 Å². The summed E-state index contributed by atoms with van der Waals surface area (Å²) in [4.78, 5) is 13.9. The van der Waals surface area contributed by atoms with Gasteiger partial charge in [-0.3, -0.25) is 9.69 Å². The number of hydrogen-bond donors (Lipinski definition) is 2. The van der Waals surface area contributed by atoms with E-state index in [1.165, 1.54) is 6.07 Å². The van der Waals surface area contributed by atoms with Crippen molar-refractivity contribution in [1.29, 1.82) is 0 Å². The van der Waals surface area contributed by atoms with Gasteiger partial charge in [-0.1, -0.05) is 6.07 Å². The van der Waals surface area contributed by atoms with Gasteiger partial charge < -0.3 is 10.8 Å². The average Bonchev–Trinajstić information content (AvgIpc) is 3.26. The first-order valence-electron chi connectivity index (χ1n) is 7.13. The van der Waals surface area contributed by atoms with Crippen LogP contribution in [0.15, 0.2) is 18.2 Å². The molecule has 1 aromatic carbocycles. The average molecular weight is 296 g/mol. The van der Waals surface area contributed by atoms with E-state index in [4.69, 9.17) is 5.73 Å². The first kappa shape index (κ1) is 14.4. The van der Waals surface area contributed by atoms with Crippen LogP contribution in [-0.2, 0) is 10.4 Å². The van der Waals surface area contributed by atoms with Crippen molar-refractivity contribution in [2.45, 2.75) is 30.9 Å². The van der Waals surface area contributed by atoms with Crippen LogP contribution in [0.1, 0.15) is 24.8 Å². The molecule has 4 nitrogen and oxygen atoms in total. The van der Waals surface area contributed by atoms with E-state index in [-0.39, 0.29) is 12.0 Å². The Morgan fingerprint density at radius 2 is 2.05 bits per heavy atom. The topological polar surface area (TPSA) is 66.6 Å². The first-order chi connectivity index (χ1) is 9.91. The molecule has 1 saturated heterocycles. The Balaban J connectivity index is 1.92. The molecule has 2 atom stereocenters. The van der Waals surface area contributed by atoms with Gasteiger partial charge >= 0.3 is 0 Å². The molecule has 1 aliphatic carbocycles. The number of carbonyl (C=O) groups is 1. The molecule has 3 N–H and O–H groups in total. The fourth-order valence-corrected chi connectivity index (χ4v) is 3.17. The number of halogens is 2. The van der Waals surface area contributed by atoms with Gasteiger partial charge in [0.05, 0.1) is 5.92 Å². The van der Waals surface area contributed by atoms with Crippen LogP contribution in [0.5, 0.6) is 0 Å². The van der Waals surface area contributed by atoms with Gasteiger partial charge in [0.25, 0.3) is 0 Å². The van der Waals surface area contributed by atoms with E-state index in [1.807, 2.05) is 0 Å². The van der Waals surface area contributed by atoms with Gasteiger partial charge in [0.2, 0.25) is 5.91 Å². The molecule has 0 radical (unpaired) electrons. The van der Waals surface area contributed by atoms with Gasteiger partial charge in [-0.15, -0.1) is 0 Å². The van der Waals surface area contributed by atoms with Gasteiger partial charge in [-0.2, -0.15) is 0 Å². The minimum absolute atomic E-state index is 0.209. The second-order valence-electron chi connectivity index (χ2n) is 5.98. The zero-order valence-corrected chi connectivity index (χ0v) is 11.6. The second-order valence-corrected chi connectivity index (χ2v) is 5.98. The molecule has 1 aromatic rings. The molecule has 0 aromatic heterocycles. The summed E-state index contributed by atoms with van der Waals surface area (Å²) < 4.78 is 26.5. The van der Waals surface area contributed by atoms with E-state index < -0.39 is 29.1 Å². The third kappa shape index (κ3) is 2.53. The lowest BCUT2D eigenvalue weighted by Gasteiger charge is -2.43. The van der Waals surface area contributed by atoms with E-state index in [2.05, 4.69) is 4.90 Å². The van der Waals surface area contributed by atoms with Gasteiger partial charge in [0, 0.05) is 19.1 Å². The molecule has 2 unspecified atom stereocenters. The largest absolute Gasteiger partial charge is 0.384 e. The van der Waals surface area contributed by atoms with Crippen molar-refractivity contribution < 1.29 is 18.7 Å². The van der Waals surface area contributed by atoms with Crippen molar-refractivity contribution in [3.8, 4) is 0 Å². The third-order valence-electron chi connectivity index (χ3n) is 4.60. The highest BCUT2D eigenvalue weighted by Gasteiger charge is 2.48. The third-order valence-corrected chi connectivity index (χ3v) is 4.60. The van der Waals surface area contributed by atoms with E-state index >= 15 is 0 Å². The molecule has 1 heterocycles. The standard InChI is InChI=1S/C15H18F2N2O2/c16-12-4-1-9(7-13(12)17)15(21)5-6-19(10-2-3-10)8-11(15)14(18)20/h1,4,7,10-11,21H,2-3,5-6,8H2,(H2,18,20). The molecule has 114 valence electrons. The number of benzene rings is 1. The summed E-state index contributed by atoms with van der Waals surface area (Å²) in [5.74, 6) is -3.45. The SMILES string of the molecule is NC(=O)C1CN(C2CC2)CCC1(O)c1ccc(F)c(F)c1. The van der Waals surface area contributed by atoms with E-state index in [0.717, 1.165) is 25.0 Å². The van der Waals surface area contributed by atoms with Gasteiger partial charge in [-0.05, 0) is 37.0 Å².